The summed E-state index contributed by atoms with van der Waals surface area (Å²) in [7, 11) is 0. The van der Waals surface area contributed by atoms with Gasteiger partial charge in [-0.2, -0.15) is 0 Å². The maximum atomic E-state index is 12.5. The van der Waals surface area contributed by atoms with Crippen LogP contribution in [0, 0.1) is 6.92 Å². The number of aromatic nitrogens is 1. The number of aryl methyl sites for hydroxylation is 1. The number of likely N-dealkylation sites (tertiary alicyclic amines) is 1. The van der Waals surface area contributed by atoms with Crippen molar-refractivity contribution in [2.24, 2.45) is 0 Å². The second-order valence-corrected chi connectivity index (χ2v) is 7.22. The lowest BCUT2D eigenvalue weighted by Crippen LogP contribution is -2.34. The zero-order chi connectivity index (χ0) is 20.1. The summed E-state index contributed by atoms with van der Waals surface area (Å²) >= 11 is 0. The van der Waals surface area contributed by atoms with Gasteiger partial charge in [-0.3, -0.25) is 4.79 Å². The topological polar surface area (TPSA) is 51.7 Å². The number of pyridine rings is 1. The molecule has 0 aliphatic carbocycles. The second kappa shape index (κ2) is 8.78. The van der Waals surface area contributed by atoms with Gasteiger partial charge in [0.05, 0.1) is 6.54 Å². The molecule has 2 heterocycles. The Morgan fingerprint density at radius 2 is 1.79 bits per heavy atom. The maximum Gasteiger partial charge on any atom is 0.260 e. The van der Waals surface area contributed by atoms with Crippen molar-refractivity contribution < 1.29 is 14.3 Å². The standard InChI is InChI=1S/C24H24N2O3/c1-18-7-12-23(25-15-18)29-22-13-14-26(16-22)24(27)17-28-21-10-8-20(9-11-21)19-5-3-2-4-6-19/h2-12,15,22H,13-14,16-17H2,1H3. The van der Waals surface area contributed by atoms with E-state index in [2.05, 4.69) is 17.1 Å². The summed E-state index contributed by atoms with van der Waals surface area (Å²) < 4.78 is 11.6. The van der Waals surface area contributed by atoms with Gasteiger partial charge in [-0.15, -0.1) is 0 Å². The SMILES string of the molecule is Cc1ccc(OC2CCN(C(=O)COc3ccc(-c4ccccc4)cc3)C2)nc1. The predicted molar refractivity (Wildman–Crippen MR) is 112 cm³/mol. The Hall–Kier alpha value is -3.34. The molecule has 5 heteroatoms. The van der Waals surface area contributed by atoms with Crippen LogP contribution in [0.4, 0.5) is 0 Å². The molecule has 148 valence electrons. The minimum atomic E-state index is -0.0284. The van der Waals surface area contributed by atoms with Crippen LogP contribution in [0.2, 0.25) is 0 Å². The molecule has 1 amide bonds. The largest absolute Gasteiger partial charge is 0.484 e. The van der Waals surface area contributed by atoms with Gasteiger partial charge in [-0.25, -0.2) is 4.98 Å². The van der Waals surface area contributed by atoms with Crippen LogP contribution in [0.5, 0.6) is 11.6 Å². The molecule has 29 heavy (non-hydrogen) atoms. The van der Waals surface area contributed by atoms with Gasteiger partial charge in [0.2, 0.25) is 5.88 Å². The molecule has 5 nitrogen and oxygen atoms in total. The van der Waals surface area contributed by atoms with Crippen molar-refractivity contribution in [3.05, 3.63) is 78.5 Å². The highest BCUT2D eigenvalue weighted by atomic mass is 16.5. The number of amides is 1. The van der Waals surface area contributed by atoms with Crippen LogP contribution in [0.15, 0.2) is 72.9 Å². The molecule has 1 unspecified atom stereocenters. The number of nitrogens with zero attached hydrogens (tertiary/aromatic N) is 2. The van der Waals surface area contributed by atoms with E-state index in [9.17, 15) is 4.79 Å². The molecule has 1 saturated heterocycles. The van der Waals surface area contributed by atoms with Gasteiger partial charge in [-0.1, -0.05) is 48.5 Å². The molecule has 0 bridgehead atoms. The van der Waals surface area contributed by atoms with Gasteiger partial charge >= 0.3 is 0 Å². The van der Waals surface area contributed by atoms with Crippen LogP contribution >= 0.6 is 0 Å². The number of hydrogen-bond donors (Lipinski definition) is 0. The molecule has 1 atom stereocenters. The lowest BCUT2D eigenvalue weighted by Gasteiger charge is -2.17. The van der Waals surface area contributed by atoms with E-state index in [1.165, 1.54) is 0 Å². The molecule has 4 rings (SSSR count). The van der Waals surface area contributed by atoms with Crippen molar-refractivity contribution in [1.82, 2.24) is 9.88 Å². The van der Waals surface area contributed by atoms with Gasteiger partial charge < -0.3 is 14.4 Å². The summed E-state index contributed by atoms with van der Waals surface area (Å²) in [6.07, 6.45) is 2.55. The molecule has 1 fully saturated rings. The van der Waals surface area contributed by atoms with E-state index >= 15 is 0 Å². The zero-order valence-corrected chi connectivity index (χ0v) is 16.5. The predicted octanol–water partition coefficient (Wildman–Crippen LogP) is 4.12. The molecule has 3 aromatic rings. The first-order chi connectivity index (χ1) is 14.2. The van der Waals surface area contributed by atoms with Crippen LogP contribution in [0.1, 0.15) is 12.0 Å². The van der Waals surface area contributed by atoms with Crippen LogP contribution in [0.3, 0.4) is 0 Å². The van der Waals surface area contributed by atoms with E-state index < -0.39 is 0 Å². The molecule has 1 aliphatic heterocycles. The molecule has 0 spiro atoms. The van der Waals surface area contributed by atoms with Crippen molar-refractivity contribution in [2.45, 2.75) is 19.4 Å². The Morgan fingerprint density at radius 3 is 2.52 bits per heavy atom. The quantitative estimate of drug-likeness (QED) is 0.638. The fourth-order valence-electron chi connectivity index (χ4n) is 3.36. The summed E-state index contributed by atoms with van der Waals surface area (Å²) in [6.45, 7) is 3.25. The van der Waals surface area contributed by atoms with Crippen molar-refractivity contribution in [3.8, 4) is 22.8 Å². The average molecular weight is 388 g/mol. The Labute approximate surface area is 170 Å². The second-order valence-electron chi connectivity index (χ2n) is 7.22. The summed E-state index contributed by atoms with van der Waals surface area (Å²) in [5, 5.41) is 0. The van der Waals surface area contributed by atoms with Gasteiger partial charge in [-0.05, 0) is 35.7 Å². The zero-order valence-electron chi connectivity index (χ0n) is 16.5. The van der Waals surface area contributed by atoms with Crippen LogP contribution in [-0.2, 0) is 4.79 Å². The lowest BCUT2D eigenvalue weighted by molar-refractivity contribution is -0.132. The van der Waals surface area contributed by atoms with E-state index in [1.807, 2.05) is 61.5 Å². The number of hydrogen-bond acceptors (Lipinski definition) is 4. The highest BCUT2D eigenvalue weighted by Gasteiger charge is 2.28. The minimum absolute atomic E-state index is 0.0277. The van der Waals surface area contributed by atoms with Crippen molar-refractivity contribution in [3.63, 3.8) is 0 Å². The van der Waals surface area contributed by atoms with Crippen LogP contribution < -0.4 is 9.47 Å². The third kappa shape index (κ3) is 4.93. The fraction of sp³-hybridized carbons (Fsp3) is 0.250. The number of ether oxygens (including phenoxy) is 2. The third-order valence-electron chi connectivity index (χ3n) is 4.99. The molecule has 0 N–H and O–H groups in total. The monoisotopic (exact) mass is 388 g/mol. The van der Waals surface area contributed by atoms with Gasteiger partial charge in [0.1, 0.15) is 11.9 Å². The third-order valence-corrected chi connectivity index (χ3v) is 4.99. The Morgan fingerprint density at radius 1 is 1.03 bits per heavy atom. The van der Waals surface area contributed by atoms with Crippen LogP contribution in [0.25, 0.3) is 11.1 Å². The molecule has 0 radical (unpaired) electrons. The average Bonchev–Trinajstić information content (AvgIpc) is 3.23. The molecule has 1 aromatic heterocycles. The Bertz CT molecular complexity index is 940. The van der Waals surface area contributed by atoms with E-state index in [1.54, 1.807) is 11.1 Å². The van der Waals surface area contributed by atoms with E-state index in [0.29, 0.717) is 24.7 Å². The number of rotatable bonds is 6. The molecular weight excluding hydrogens is 364 g/mol. The first-order valence-electron chi connectivity index (χ1n) is 9.83. The molecular formula is C24H24N2O3. The van der Waals surface area contributed by atoms with E-state index in [4.69, 9.17) is 9.47 Å². The number of benzene rings is 2. The fourth-order valence-corrected chi connectivity index (χ4v) is 3.36. The minimum Gasteiger partial charge on any atom is -0.484 e. The van der Waals surface area contributed by atoms with Gasteiger partial charge in [0.15, 0.2) is 6.61 Å². The Kier molecular flexibility index (Phi) is 5.75. The summed E-state index contributed by atoms with van der Waals surface area (Å²) in [6, 6.07) is 21.8. The summed E-state index contributed by atoms with van der Waals surface area (Å²) in [4.78, 5) is 18.5. The van der Waals surface area contributed by atoms with Gasteiger partial charge in [0.25, 0.3) is 5.91 Å². The van der Waals surface area contributed by atoms with E-state index in [-0.39, 0.29) is 18.6 Å². The first-order valence-corrected chi connectivity index (χ1v) is 9.83. The first kappa shape index (κ1) is 19.0. The number of carbonyl (C=O) groups excluding carboxylic acids is 1. The lowest BCUT2D eigenvalue weighted by atomic mass is 10.1. The Balaban J connectivity index is 1.26. The summed E-state index contributed by atoms with van der Waals surface area (Å²) in [5.41, 5.74) is 3.37. The highest BCUT2D eigenvalue weighted by Crippen LogP contribution is 2.22. The van der Waals surface area contributed by atoms with Gasteiger partial charge in [0, 0.05) is 25.2 Å². The van der Waals surface area contributed by atoms with E-state index in [0.717, 1.165) is 23.1 Å². The molecule has 2 aromatic carbocycles. The van der Waals surface area contributed by atoms with Crippen LogP contribution in [-0.4, -0.2) is 41.6 Å². The molecule has 0 saturated carbocycles. The smallest absolute Gasteiger partial charge is 0.260 e. The number of carbonyl (C=O) groups is 1. The van der Waals surface area contributed by atoms with Crippen molar-refractivity contribution in [1.29, 1.82) is 0 Å². The summed E-state index contributed by atoms with van der Waals surface area (Å²) in [5.74, 6) is 1.26. The van der Waals surface area contributed by atoms with Crippen molar-refractivity contribution >= 4 is 5.91 Å². The molecule has 1 aliphatic rings. The maximum absolute atomic E-state index is 12.5. The highest BCUT2D eigenvalue weighted by molar-refractivity contribution is 5.78. The van der Waals surface area contributed by atoms with Crippen molar-refractivity contribution in [2.75, 3.05) is 19.7 Å². The normalized spacial score (nSPS) is 15.9.